The molecule has 1 aliphatic heterocycles. The molecular weight excluding hydrogens is 352 g/mol. The lowest BCUT2D eigenvalue weighted by Crippen LogP contribution is -2.36. The van der Waals surface area contributed by atoms with Gasteiger partial charge in [0.1, 0.15) is 25.2 Å². The molecule has 2 aromatic carbocycles. The monoisotopic (exact) mass is 383 g/mol. The van der Waals surface area contributed by atoms with Crippen LogP contribution in [0.15, 0.2) is 42.5 Å². The van der Waals surface area contributed by atoms with Crippen LogP contribution in [0.2, 0.25) is 0 Å². The Labute approximate surface area is 173 Å². The molecule has 0 radical (unpaired) electrons. The maximum atomic E-state index is 2.55. The summed E-state index contributed by atoms with van der Waals surface area (Å²) in [4.78, 5) is 2.54. The molecule has 0 amide bonds. The molecule has 148 valence electrons. The number of fused-ring (bicyclic) bond motifs is 2. The highest BCUT2D eigenvalue weighted by Gasteiger charge is 2.30. The lowest BCUT2D eigenvalue weighted by Gasteiger charge is -2.19. The fourth-order valence-corrected chi connectivity index (χ4v) is 5.27. The summed E-state index contributed by atoms with van der Waals surface area (Å²) in [6.45, 7) is 6.95. The summed E-state index contributed by atoms with van der Waals surface area (Å²) in [5.74, 6) is 0. The molecule has 2 atom stereocenters. The quantitative estimate of drug-likeness (QED) is 0.734. The van der Waals surface area contributed by atoms with Gasteiger partial charge in [-0.3, -0.25) is 9.48 Å². The third kappa shape index (κ3) is 3.35. The van der Waals surface area contributed by atoms with Crippen molar-refractivity contribution < 1.29 is 4.58 Å². The van der Waals surface area contributed by atoms with Gasteiger partial charge in [0.25, 0.3) is 0 Å². The van der Waals surface area contributed by atoms with Crippen molar-refractivity contribution in [3.05, 3.63) is 68.9 Å². The molecule has 0 fully saturated rings. The van der Waals surface area contributed by atoms with Gasteiger partial charge in [-0.1, -0.05) is 60.7 Å². The molecule has 2 aromatic rings. The topological polar surface area (TPSA) is 6.25 Å². The second-order valence-corrected chi connectivity index (χ2v) is 8.63. The van der Waals surface area contributed by atoms with E-state index in [4.69, 9.17) is 0 Å². The lowest BCUT2D eigenvalue weighted by molar-refractivity contribution is -0.534. The van der Waals surface area contributed by atoms with E-state index in [1.165, 1.54) is 45.7 Å². The van der Waals surface area contributed by atoms with Crippen molar-refractivity contribution in [2.45, 2.75) is 51.6 Å². The summed E-state index contributed by atoms with van der Waals surface area (Å²) in [5, 5.41) is 5.73. The van der Waals surface area contributed by atoms with Gasteiger partial charge in [0.2, 0.25) is 6.34 Å². The smallest absolute Gasteiger partial charge is 0.235 e. The van der Waals surface area contributed by atoms with E-state index in [1.807, 2.05) is 0 Å². The van der Waals surface area contributed by atoms with Gasteiger partial charge in [0, 0.05) is 5.56 Å². The van der Waals surface area contributed by atoms with E-state index >= 15 is 0 Å². The minimum atomic E-state index is 0.405. The molecule has 2 nitrogen and oxygen atoms in total. The van der Waals surface area contributed by atoms with Crippen molar-refractivity contribution in [1.29, 1.82) is 0 Å². The number of hydrogen-bond acceptors (Lipinski definition) is 1. The summed E-state index contributed by atoms with van der Waals surface area (Å²) < 4.78 is 2.55. The van der Waals surface area contributed by atoms with Gasteiger partial charge in [-0.15, -0.1) is 0 Å². The number of benzene rings is 2. The zero-order chi connectivity index (χ0) is 19.8. The van der Waals surface area contributed by atoms with Crippen LogP contribution in [0, 0.1) is 0 Å². The van der Waals surface area contributed by atoms with E-state index in [9.17, 15) is 0 Å². The van der Waals surface area contributed by atoms with Crippen molar-refractivity contribution in [2.75, 3.05) is 13.1 Å². The Morgan fingerprint density at radius 2 is 1.66 bits per heavy atom. The Morgan fingerprint density at radius 1 is 0.862 bits per heavy atom. The van der Waals surface area contributed by atoms with Crippen LogP contribution in [-0.2, 0) is 0 Å². The van der Waals surface area contributed by atoms with E-state index in [1.54, 1.807) is 5.57 Å². The fraction of sp³-hybridized carbons (Fsp3) is 0.370. The van der Waals surface area contributed by atoms with Crippen LogP contribution in [0.3, 0.4) is 0 Å². The Bertz CT molecular complexity index is 1200. The van der Waals surface area contributed by atoms with E-state index in [0.717, 1.165) is 19.5 Å². The maximum absolute atomic E-state index is 2.55. The Balaban J connectivity index is 1.47. The van der Waals surface area contributed by atoms with Gasteiger partial charge in [-0.2, -0.15) is 0 Å². The van der Waals surface area contributed by atoms with E-state index < -0.39 is 0 Å². The van der Waals surface area contributed by atoms with Gasteiger partial charge >= 0.3 is 0 Å². The van der Waals surface area contributed by atoms with Crippen molar-refractivity contribution >= 4 is 30.1 Å². The van der Waals surface area contributed by atoms with Crippen molar-refractivity contribution in [3.63, 3.8) is 0 Å². The third-order valence-corrected chi connectivity index (χ3v) is 7.00. The molecule has 3 aliphatic rings. The molecule has 1 heterocycles. The summed E-state index contributed by atoms with van der Waals surface area (Å²) in [6, 6.07) is 16.6. The van der Waals surface area contributed by atoms with Crippen molar-refractivity contribution in [1.82, 2.24) is 4.90 Å². The second-order valence-electron chi connectivity index (χ2n) is 8.63. The van der Waals surface area contributed by atoms with Gasteiger partial charge in [0.05, 0.1) is 0 Å². The van der Waals surface area contributed by atoms with Gasteiger partial charge in [-0.05, 0) is 66.0 Å². The molecular formula is C27H31N2+. The second kappa shape index (κ2) is 7.67. The van der Waals surface area contributed by atoms with Crippen LogP contribution in [0.25, 0.3) is 23.8 Å². The van der Waals surface area contributed by atoms with Crippen molar-refractivity contribution in [3.8, 4) is 0 Å². The highest BCUT2D eigenvalue weighted by atomic mass is 15.3. The Hall–Kier alpha value is -2.61. The number of rotatable bonds is 4. The first-order chi connectivity index (χ1) is 14.2. The normalized spacial score (nSPS) is 19.9. The molecule has 0 N–H and O–H groups in total. The first-order valence-electron chi connectivity index (χ1n) is 11.2. The number of hydrogen-bond donors (Lipinski definition) is 0. The number of nitrogens with zero attached hydrogens (tertiary/aromatic N) is 2. The summed E-state index contributed by atoms with van der Waals surface area (Å²) in [6.07, 6.45) is 14.3. The van der Waals surface area contributed by atoms with Crippen LogP contribution in [0.4, 0.5) is 0 Å². The largest absolute Gasteiger partial charge is 0.258 e. The highest BCUT2D eigenvalue weighted by Crippen LogP contribution is 2.21. The average Bonchev–Trinajstić information content (AvgIpc) is 3.28. The minimum absolute atomic E-state index is 0.405. The first kappa shape index (κ1) is 18.4. The maximum Gasteiger partial charge on any atom is 0.235 e. The molecule has 0 bridgehead atoms. The molecule has 2 unspecified atom stereocenters. The first-order valence-corrected chi connectivity index (χ1v) is 11.2. The standard InChI is InChI=1S/C27H31N2/c1-20(24-15-7-11-22-9-3-5-13-26(22)24)28-17-18-29(19-28)21(2)25-16-8-12-23-10-4-6-14-27(23)25/h3,5,8-14,16,19-21H,4,6-7,15,17-18H2,1-2H3/q+1. The highest BCUT2D eigenvalue weighted by molar-refractivity contribution is 5.57. The van der Waals surface area contributed by atoms with Gasteiger partial charge in [0.15, 0.2) is 0 Å². The molecule has 0 spiro atoms. The van der Waals surface area contributed by atoms with E-state index in [-0.39, 0.29) is 0 Å². The predicted molar refractivity (Wildman–Crippen MR) is 122 cm³/mol. The molecule has 2 heteroatoms. The Kier molecular flexibility index (Phi) is 4.87. The fourth-order valence-electron chi connectivity index (χ4n) is 5.27. The van der Waals surface area contributed by atoms with Crippen LogP contribution >= 0.6 is 0 Å². The van der Waals surface area contributed by atoms with Crippen LogP contribution < -0.4 is 20.9 Å². The third-order valence-electron chi connectivity index (χ3n) is 7.00. The summed E-state index contributed by atoms with van der Waals surface area (Å²) in [7, 11) is 0. The predicted octanol–water partition coefficient (Wildman–Crippen LogP) is 2.27. The molecule has 5 rings (SSSR count). The zero-order valence-corrected chi connectivity index (χ0v) is 17.6. The van der Waals surface area contributed by atoms with Crippen molar-refractivity contribution in [2.24, 2.45) is 0 Å². The van der Waals surface area contributed by atoms with E-state index in [2.05, 4.69) is 90.4 Å². The average molecular weight is 384 g/mol. The minimum Gasteiger partial charge on any atom is -0.258 e. The summed E-state index contributed by atoms with van der Waals surface area (Å²) >= 11 is 0. The van der Waals surface area contributed by atoms with E-state index in [0.29, 0.717) is 12.1 Å². The molecule has 2 aliphatic carbocycles. The molecule has 0 saturated carbocycles. The summed E-state index contributed by atoms with van der Waals surface area (Å²) in [5.41, 5.74) is 3.06. The lowest BCUT2D eigenvalue weighted by atomic mass is 9.94. The van der Waals surface area contributed by atoms with Gasteiger partial charge < -0.3 is 0 Å². The van der Waals surface area contributed by atoms with Gasteiger partial charge in [-0.25, -0.2) is 0 Å². The van der Waals surface area contributed by atoms with Crippen LogP contribution in [0.5, 0.6) is 0 Å². The molecule has 0 saturated heterocycles. The van der Waals surface area contributed by atoms with Crippen LogP contribution in [-0.4, -0.2) is 34.9 Å². The zero-order valence-electron chi connectivity index (χ0n) is 17.6. The SMILES string of the molecule is CC(c1cccc2c1=CCCC=2)N1C=[N+](C(C)C2=c3ccccc3=CCC2)CC1. The molecule has 29 heavy (non-hydrogen) atoms. The molecule has 0 aromatic heterocycles. The van der Waals surface area contributed by atoms with Crippen LogP contribution in [0.1, 0.15) is 51.1 Å². The Morgan fingerprint density at radius 3 is 2.59 bits per heavy atom.